The topological polar surface area (TPSA) is 262 Å². The number of carboxylic acids is 1. The fourth-order valence-electron chi connectivity index (χ4n) is 8.44. The number of methoxy groups -OCH3 is 2. The Labute approximate surface area is 400 Å². The molecule has 19 nitrogen and oxygen atoms in total. The van der Waals surface area contributed by atoms with Crippen molar-refractivity contribution in [2.45, 2.75) is 79.4 Å². The molecule has 2 aliphatic rings. The van der Waals surface area contributed by atoms with Crippen molar-refractivity contribution in [1.82, 2.24) is 0 Å². The van der Waals surface area contributed by atoms with Crippen molar-refractivity contribution in [3.8, 4) is 0 Å². The summed E-state index contributed by atoms with van der Waals surface area (Å²) in [7, 11) is -10.3. The number of benzene rings is 2. The molecule has 2 heterocycles. The number of fused-ring (bicyclic) bond motifs is 2. The average Bonchev–Trinajstić information content (AvgIpc) is 3.63. The van der Waals surface area contributed by atoms with Crippen molar-refractivity contribution < 1.29 is 81.8 Å². The van der Waals surface area contributed by atoms with Crippen molar-refractivity contribution in [3.63, 3.8) is 0 Å². The zero-order valence-electron chi connectivity index (χ0n) is 39.2. The smallest absolute Gasteiger partial charge is 0.303 e. The van der Waals surface area contributed by atoms with E-state index in [0.717, 1.165) is 11.4 Å². The first-order valence-corrected chi connectivity index (χ1v) is 26.8. The molecule has 0 aromatic heterocycles. The first-order chi connectivity index (χ1) is 32.2. The largest absolute Gasteiger partial charge is 0.481 e. The molecule has 68 heavy (non-hydrogen) atoms. The van der Waals surface area contributed by atoms with Gasteiger partial charge in [0.05, 0.1) is 80.4 Å². The Morgan fingerprint density at radius 1 is 0.662 bits per heavy atom. The quantitative estimate of drug-likeness (QED) is 0.0303. The fourth-order valence-corrected chi connectivity index (χ4v) is 9.97. The second-order valence-corrected chi connectivity index (χ2v) is 21.2. The average molecular weight is 1020 g/mol. The summed E-state index contributed by atoms with van der Waals surface area (Å²) in [5.41, 5.74) is 2.18. The molecule has 2 aromatic carbocycles. The highest BCUT2D eigenvalue weighted by molar-refractivity contribution is 7.86. The minimum absolute atomic E-state index is 0.000609. The number of hydrogen-bond donors (Lipinski definition) is 4. The van der Waals surface area contributed by atoms with Crippen LogP contribution in [-0.2, 0) is 74.4 Å². The lowest BCUT2D eigenvalue weighted by Crippen LogP contribution is -2.32. The molecule has 0 bridgehead atoms. The van der Waals surface area contributed by atoms with Crippen LogP contribution in [0, 0.1) is 0 Å². The molecule has 0 spiro atoms. The zero-order chi connectivity index (χ0) is 50.0. The molecule has 4 N–H and O–H groups in total. The van der Waals surface area contributed by atoms with Crippen molar-refractivity contribution in [3.05, 3.63) is 83.6 Å². The number of carbonyl (C=O) groups is 1. The van der Waals surface area contributed by atoms with Crippen LogP contribution in [0.1, 0.15) is 69.9 Å². The van der Waals surface area contributed by atoms with E-state index < -0.39 is 52.9 Å². The monoisotopic (exact) mass is 1020 g/mol. The van der Waals surface area contributed by atoms with Gasteiger partial charge in [-0.25, -0.2) is 0 Å². The predicted octanol–water partition coefficient (Wildman–Crippen LogP) is 5.37. The molecule has 0 saturated heterocycles. The fraction of sp³-hybridized carbons (Fsp3) is 0.565. The van der Waals surface area contributed by atoms with Gasteiger partial charge in [0.25, 0.3) is 30.4 Å². The van der Waals surface area contributed by atoms with Gasteiger partial charge in [0.2, 0.25) is 5.69 Å². The van der Waals surface area contributed by atoms with Gasteiger partial charge in [-0.15, -0.1) is 0 Å². The molecule has 2 aliphatic heterocycles. The zero-order valence-corrected chi connectivity index (χ0v) is 41.7. The van der Waals surface area contributed by atoms with Gasteiger partial charge in [0, 0.05) is 74.7 Å². The number of nitrogens with zero attached hydrogens (tertiary/aromatic N) is 2. The summed E-state index contributed by atoms with van der Waals surface area (Å²) >= 11 is 0. The minimum Gasteiger partial charge on any atom is -0.481 e. The first kappa shape index (κ1) is 56.7. The Kier molecular flexibility index (Phi) is 22.0. The Bertz CT molecular complexity index is 2470. The molecule has 2 unspecified atom stereocenters. The van der Waals surface area contributed by atoms with E-state index in [1.54, 1.807) is 38.5 Å². The summed E-state index contributed by atoms with van der Waals surface area (Å²) in [6.07, 6.45) is 11.3. The van der Waals surface area contributed by atoms with Crippen LogP contribution in [-0.4, -0.2) is 159 Å². The van der Waals surface area contributed by atoms with E-state index >= 15 is 0 Å². The number of anilines is 1. The number of aliphatic carboxylic acids is 1. The lowest BCUT2D eigenvalue weighted by atomic mass is 9.76. The van der Waals surface area contributed by atoms with E-state index in [4.69, 9.17) is 28.4 Å². The molecule has 4 rings (SSSR count). The van der Waals surface area contributed by atoms with Gasteiger partial charge in [0.1, 0.15) is 6.54 Å². The normalized spacial score (nSPS) is 19.3. The number of unbranched alkanes of at least 4 members (excludes halogenated alkanes) is 2. The van der Waals surface area contributed by atoms with Crippen LogP contribution in [0.15, 0.2) is 82.3 Å². The number of rotatable bonds is 33. The van der Waals surface area contributed by atoms with Gasteiger partial charge in [-0.1, -0.05) is 18.2 Å². The van der Waals surface area contributed by atoms with Crippen molar-refractivity contribution in [2.75, 3.05) is 104 Å². The van der Waals surface area contributed by atoms with Crippen molar-refractivity contribution in [1.29, 1.82) is 0 Å². The first-order valence-electron chi connectivity index (χ1n) is 22.3. The molecule has 0 amide bonds. The van der Waals surface area contributed by atoms with E-state index in [0.29, 0.717) is 121 Å². The van der Waals surface area contributed by atoms with Gasteiger partial charge in [-0.3, -0.25) is 18.5 Å². The van der Waals surface area contributed by atoms with E-state index in [9.17, 15) is 48.8 Å². The van der Waals surface area contributed by atoms with E-state index in [2.05, 4.69) is 0 Å². The number of carboxylic acid groups (broad SMARTS) is 1. The highest BCUT2D eigenvalue weighted by Gasteiger charge is 2.48. The Hall–Kier alpha value is -3.91. The maximum absolute atomic E-state index is 12.4. The summed E-state index contributed by atoms with van der Waals surface area (Å²) in [5, 5.41) is 9.17. The lowest BCUT2D eigenvalue weighted by Gasteiger charge is -2.30. The third kappa shape index (κ3) is 16.3. The van der Waals surface area contributed by atoms with Crippen LogP contribution in [0.3, 0.4) is 0 Å². The van der Waals surface area contributed by atoms with Crippen LogP contribution >= 0.6 is 0 Å². The van der Waals surface area contributed by atoms with Crippen molar-refractivity contribution in [2.24, 2.45) is 0 Å². The van der Waals surface area contributed by atoms with Gasteiger partial charge in [0.15, 0.2) is 5.71 Å². The summed E-state index contributed by atoms with van der Waals surface area (Å²) in [5.74, 6) is -1.45. The van der Waals surface area contributed by atoms with E-state index in [-0.39, 0.29) is 35.7 Å². The molecule has 380 valence electrons. The number of allylic oxidation sites excluding steroid dienone is 6. The summed E-state index contributed by atoms with van der Waals surface area (Å²) in [6, 6.07) is 8.71. The van der Waals surface area contributed by atoms with Gasteiger partial charge >= 0.3 is 5.97 Å². The summed E-state index contributed by atoms with van der Waals surface area (Å²) in [4.78, 5) is 12.6. The summed E-state index contributed by atoms with van der Waals surface area (Å²) in [6.45, 7) is 8.47. The van der Waals surface area contributed by atoms with Crippen LogP contribution in [0.4, 0.5) is 11.4 Å². The predicted molar refractivity (Wildman–Crippen MR) is 254 cm³/mol. The van der Waals surface area contributed by atoms with Crippen LogP contribution in [0.25, 0.3) is 0 Å². The molecule has 0 radical (unpaired) electrons. The molecular formula is C46H67N2O17S3+. The van der Waals surface area contributed by atoms with Crippen molar-refractivity contribution >= 4 is 53.4 Å². The second-order valence-electron chi connectivity index (χ2n) is 16.7. The molecule has 2 aromatic rings. The SMILES string of the molecule is COCCOCCOCCOCCOCCC1(C)C(=CC=CC=CC2=[N+](CCCCCC(=O)O)c3ccc(S(=O)(=O)O)cc3C2(C)CCCS(=O)(=O)O)N(CCOC)c2ccc(S(=O)(=O)O)cc21. The van der Waals surface area contributed by atoms with E-state index in [1.165, 1.54) is 24.3 Å². The molecule has 22 heteroatoms. The van der Waals surface area contributed by atoms with Crippen LogP contribution < -0.4 is 4.90 Å². The lowest BCUT2D eigenvalue weighted by molar-refractivity contribution is -0.438. The van der Waals surface area contributed by atoms with Gasteiger partial charge in [-0.05, 0) is 87.9 Å². The molecule has 2 atom stereocenters. The Balaban J connectivity index is 1.65. The van der Waals surface area contributed by atoms with Crippen LogP contribution in [0.5, 0.6) is 0 Å². The molecule has 0 aliphatic carbocycles. The number of hydrogen-bond acceptors (Lipinski definition) is 14. The maximum Gasteiger partial charge on any atom is 0.303 e. The molecule has 0 fully saturated rings. The Morgan fingerprint density at radius 3 is 1.81 bits per heavy atom. The van der Waals surface area contributed by atoms with Gasteiger partial charge < -0.3 is 38.4 Å². The number of ether oxygens (including phenoxy) is 6. The highest BCUT2D eigenvalue weighted by Crippen LogP contribution is 2.51. The summed E-state index contributed by atoms with van der Waals surface area (Å²) < 4.78 is 138. The maximum atomic E-state index is 12.4. The second kappa shape index (κ2) is 26.3. The highest BCUT2D eigenvalue weighted by atomic mass is 32.2. The third-order valence-electron chi connectivity index (χ3n) is 11.9. The Morgan fingerprint density at radius 2 is 1.24 bits per heavy atom. The van der Waals surface area contributed by atoms with E-state index in [1.807, 2.05) is 41.6 Å². The standard InChI is InChI=1S/C46H66N2O17S3/c1-45(19-11-33-66(51,52)53)38-34-36(67(54,55)56)15-17-40(38)47(21-10-6-9-14-44(49)50)42(45)12-7-5-8-13-43-46(2,20-23-62-27-28-64-31-32-65-30-29-63-26-25-61-4)39-35-37(68(57,58)59)16-18-41(39)48(43)22-24-60-3/h5,7-8,12-13,15-18,34-35H,6,9-11,14,19-33H2,1-4H3,(H3-,49,50,51,52,53,54,55,56,57,58,59)/p+1. The molecule has 0 saturated carbocycles. The molecular weight excluding hydrogens is 949 g/mol. The van der Waals surface area contributed by atoms with Gasteiger partial charge in [-0.2, -0.15) is 29.8 Å². The third-order valence-corrected chi connectivity index (χ3v) is 14.4. The minimum atomic E-state index is -4.62. The van der Waals surface area contributed by atoms with Crippen LogP contribution in [0.2, 0.25) is 0 Å².